The number of hydrogen-bond donors (Lipinski definition) is 1. The van der Waals surface area contributed by atoms with Gasteiger partial charge in [-0.3, -0.25) is 10.1 Å². The summed E-state index contributed by atoms with van der Waals surface area (Å²) < 4.78 is 5.69. The van der Waals surface area contributed by atoms with E-state index in [1.165, 1.54) is 12.5 Å². The summed E-state index contributed by atoms with van der Waals surface area (Å²) in [4.78, 5) is 14.2. The molecule has 0 radical (unpaired) electrons. The predicted octanol–water partition coefficient (Wildman–Crippen LogP) is 2.96. The molecule has 1 heterocycles. The molecule has 0 atom stereocenters. The van der Waals surface area contributed by atoms with Gasteiger partial charge in [0.1, 0.15) is 11.4 Å². The van der Waals surface area contributed by atoms with Gasteiger partial charge < -0.3 is 9.73 Å². The Morgan fingerprint density at radius 1 is 1.53 bits per heavy atom. The molecule has 0 saturated heterocycles. The van der Waals surface area contributed by atoms with Gasteiger partial charge >= 0.3 is 0 Å². The molecule has 0 unspecified atom stereocenters. The molecule has 6 nitrogen and oxygen atoms in total. The molecule has 2 aromatic rings. The first-order valence-corrected chi connectivity index (χ1v) is 5.51. The minimum absolute atomic E-state index is 0.0129. The zero-order chi connectivity index (χ0) is 12.3. The highest BCUT2D eigenvalue weighted by atomic mass is 79.9. The maximum Gasteiger partial charge on any atom is 0.293 e. The Kier molecular flexibility index (Phi) is 3.38. The molecule has 1 aromatic heterocycles. The lowest BCUT2D eigenvalue weighted by Gasteiger charge is -2.05. The van der Waals surface area contributed by atoms with E-state index < -0.39 is 4.92 Å². The molecule has 0 saturated carbocycles. The molecular formula is C10H8BrN3O3. The standard InChI is InChI=1S/C10H8BrN3O3/c11-7-1-2-9(10(3-7)14(15)16)13-5-8-4-12-6-17-8/h1-4,6,13H,5H2. The monoisotopic (exact) mass is 297 g/mol. The second kappa shape index (κ2) is 4.96. The van der Waals surface area contributed by atoms with Crippen molar-refractivity contribution in [2.24, 2.45) is 0 Å². The van der Waals surface area contributed by atoms with Crippen LogP contribution in [0.3, 0.4) is 0 Å². The van der Waals surface area contributed by atoms with Crippen LogP contribution in [-0.4, -0.2) is 9.91 Å². The van der Waals surface area contributed by atoms with Crippen molar-refractivity contribution in [3.63, 3.8) is 0 Å². The zero-order valence-electron chi connectivity index (χ0n) is 8.59. The van der Waals surface area contributed by atoms with E-state index in [0.29, 0.717) is 22.5 Å². The average Bonchev–Trinajstić information content (AvgIpc) is 2.80. The Morgan fingerprint density at radius 2 is 2.35 bits per heavy atom. The fourth-order valence-corrected chi connectivity index (χ4v) is 1.67. The van der Waals surface area contributed by atoms with Crippen LogP contribution in [0.2, 0.25) is 0 Å². The van der Waals surface area contributed by atoms with Crippen LogP contribution in [0.5, 0.6) is 0 Å². The van der Waals surface area contributed by atoms with Crippen LogP contribution in [0, 0.1) is 10.1 Å². The molecule has 7 heteroatoms. The lowest BCUT2D eigenvalue weighted by Crippen LogP contribution is -2.01. The number of nitro benzene ring substituents is 1. The van der Waals surface area contributed by atoms with Gasteiger partial charge in [0.25, 0.3) is 5.69 Å². The first-order valence-electron chi connectivity index (χ1n) is 4.72. The second-order valence-corrected chi connectivity index (χ2v) is 4.16. The van der Waals surface area contributed by atoms with Crippen molar-refractivity contribution in [3.8, 4) is 0 Å². The molecule has 0 aliphatic heterocycles. The van der Waals surface area contributed by atoms with Crippen molar-refractivity contribution in [1.29, 1.82) is 0 Å². The van der Waals surface area contributed by atoms with E-state index in [0.717, 1.165) is 0 Å². The summed E-state index contributed by atoms with van der Waals surface area (Å²) in [7, 11) is 0. The Morgan fingerprint density at radius 3 is 3.00 bits per heavy atom. The van der Waals surface area contributed by atoms with Gasteiger partial charge in [0.15, 0.2) is 6.39 Å². The number of oxazole rings is 1. The second-order valence-electron chi connectivity index (χ2n) is 3.24. The summed E-state index contributed by atoms with van der Waals surface area (Å²) in [5.41, 5.74) is 0.452. The lowest BCUT2D eigenvalue weighted by atomic mass is 10.2. The summed E-state index contributed by atoms with van der Waals surface area (Å²) in [5.74, 6) is 0.613. The molecule has 0 fully saturated rings. The lowest BCUT2D eigenvalue weighted by molar-refractivity contribution is -0.384. The predicted molar refractivity (Wildman–Crippen MR) is 64.6 cm³/mol. The van der Waals surface area contributed by atoms with Gasteiger partial charge in [-0.15, -0.1) is 0 Å². The summed E-state index contributed by atoms with van der Waals surface area (Å²) in [6.07, 6.45) is 2.87. The van der Waals surface area contributed by atoms with Crippen molar-refractivity contribution in [1.82, 2.24) is 4.98 Å². The van der Waals surface area contributed by atoms with E-state index in [2.05, 4.69) is 26.2 Å². The minimum atomic E-state index is -0.437. The molecule has 1 N–H and O–H groups in total. The Bertz CT molecular complexity index is 528. The van der Waals surface area contributed by atoms with Gasteiger partial charge in [-0.05, 0) is 12.1 Å². The smallest absolute Gasteiger partial charge is 0.293 e. The van der Waals surface area contributed by atoms with Crippen LogP contribution in [0.1, 0.15) is 5.76 Å². The number of hydrogen-bond acceptors (Lipinski definition) is 5. The van der Waals surface area contributed by atoms with Crippen molar-refractivity contribution in [3.05, 3.63) is 51.1 Å². The van der Waals surface area contributed by atoms with Crippen molar-refractivity contribution in [2.75, 3.05) is 5.32 Å². The number of aromatic nitrogens is 1. The summed E-state index contributed by atoms with van der Waals surface area (Å²) in [6, 6.07) is 4.82. The molecule has 0 spiro atoms. The molecule has 88 valence electrons. The van der Waals surface area contributed by atoms with E-state index in [-0.39, 0.29) is 5.69 Å². The number of anilines is 1. The van der Waals surface area contributed by atoms with Crippen LogP contribution in [0.15, 0.2) is 39.7 Å². The number of halogens is 1. The maximum absolute atomic E-state index is 10.8. The van der Waals surface area contributed by atoms with Gasteiger partial charge in [-0.25, -0.2) is 4.98 Å². The van der Waals surface area contributed by atoms with Gasteiger partial charge in [0, 0.05) is 10.5 Å². The van der Waals surface area contributed by atoms with E-state index in [1.807, 2.05) is 0 Å². The highest BCUT2D eigenvalue weighted by Crippen LogP contribution is 2.28. The quantitative estimate of drug-likeness (QED) is 0.693. The summed E-state index contributed by atoms with van der Waals surface area (Å²) in [5, 5.41) is 13.8. The van der Waals surface area contributed by atoms with Crippen molar-refractivity contribution in [2.45, 2.75) is 6.54 Å². The van der Waals surface area contributed by atoms with E-state index in [4.69, 9.17) is 4.42 Å². The third-order valence-corrected chi connectivity index (χ3v) is 2.59. The van der Waals surface area contributed by atoms with Gasteiger partial charge in [-0.1, -0.05) is 15.9 Å². The largest absolute Gasteiger partial charge is 0.447 e. The molecule has 0 aliphatic rings. The normalized spacial score (nSPS) is 10.2. The molecule has 2 rings (SSSR count). The van der Waals surface area contributed by atoms with E-state index in [1.54, 1.807) is 18.3 Å². The number of benzene rings is 1. The first-order chi connectivity index (χ1) is 8.16. The van der Waals surface area contributed by atoms with Gasteiger partial charge in [-0.2, -0.15) is 0 Å². The van der Waals surface area contributed by atoms with Crippen LogP contribution < -0.4 is 5.32 Å². The minimum Gasteiger partial charge on any atom is -0.447 e. The van der Waals surface area contributed by atoms with Crippen molar-refractivity contribution >= 4 is 27.3 Å². The average molecular weight is 298 g/mol. The molecular weight excluding hydrogens is 290 g/mol. The zero-order valence-corrected chi connectivity index (χ0v) is 10.2. The van der Waals surface area contributed by atoms with Crippen LogP contribution in [-0.2, 0) is 6.54 Å². The van der Waals surface area contributed by atoms with Crippen molar-refractivity contribution < 1.29 is 9.34 Å². The van der Waals surface area contributed by atoms with E-state index in [9.17, 15) is 10.1 Å². The maximum atomic E-state index is 10.8. The number of nitrogens with one attached hydrogen (secondary N) is 1. The Hall–Kier alpha value is -1.89. The number of rotatable bonds is 4. The Labute approximate surface area is 105 Å². The summed E-state index contributed by atoms with van der Waals surface area (Å²) >= 11 is 3.19. The SMILES string of the molecule is O=[N+]([O-])c1cc(Br)ccc1NCc1cnco1. The highest BCUT2D eigenvalue weighted by Gasteiger charge is 2.13. The van der Waals surface area contributed by atoms with E-state index >= 15 is 0 Å². The Balaban J connectivity index is 2.17. The molecule has 17 heavy (non-hydrogen) atoms. The fraction of sp³-hybridized carbons (Fsp3) is 0.100. The summed E-state index contributed by atoms with van der Waals surface area (Å²) in [6.45, 7) is 0.350. The number of nitro groups is 1. The third kappa shape index (κ3) is 2.82. The molecule has 0 amide bonds. The topological polar surface area (TPSA) is 81.2 Å². The fourth-order valence-electron chi connectivity index (χ4n) is 1.32. The molecule has 0 aliphatic carbocycles. The van der Waals surface area contributed by atoms with Crippen LogP contribution in [0.4, 0.5) is 11.4 Å². The van der Waals surface area contributed by atoms with Crippen LogP contribution in [0.25, 0.3) is 0 Å². The van der Waals surface area contributed by atoms with Gasteiger partial charge in [0.05, 0.1) is 17.7 Å². The van der Waals surface area contributed by atoms with Gasteiger partial charge in [0.2, 0.25) is 0 Å². The first kappa shape index (κ1) is 11.6. The third-order valence-electron chi connectivity index (χ3n) is 2.09. The molecule has 1 aromatic carbocycles. The highest BCUT2D eigenvalue weighted by molar-refractivity contribution is 9.10. The van der Waals surface area contributed by atoms with Crippen LogP contribution >= 0.6 is 15.9 Å². The number of nitrogens with zero attached hydrogens (tertiary/aromatic N) is 2. The molecule has 0 bridgehead atoms.